The fraction of sp³-hybridized carbons (Fsp3) is 0.588. The Kier molecular flexibility index (Phi) is 4.36. The standard InChI is InChI=1S/C17H26N2O/c1-10-5-6-14(8-11(10)2)19-17(20)15-9-16(18)13(4)7-12(15)3/h7,9-11,14H,5-6,8,18H2,1-4H3,(H,19,20). The average molecular weight is 274 g/mol. The van der Waals surface area contributed by atoms with Crippen molar-refractivity contribution >= 4 is 11.6 Å². The molecule has 0 heterocycles. The van der Waals surface area contributed by atoms with Gasteiger partial charge < -0.3 is 11.1 Å². The van der Waals surface area contributed by atoms with E-state index in [4.69, 9.17) is 5.73 Å². The lowest BCUT2D eigenvalue weighted by Crippen LogP contribution is -2.40. The molecule has 1 amide bonds. The predicted molar refractivity (Wildman–Crippen MR) is 83.8 cm³/mol. The number of anilines is 1. The SMILES string of the molecule is Cc1cc(C)c(C(=O)NC2CCC(C)C(C)C2)cc1N. The third-order valence-corrected chi connectivity index (χ3v) is 4.79. The molecule has 3 nitrogen and oxygen atoms in total. The third-order valence-electron chi connectivity index (χ3n) is 4.79. The Labute approximate surface area is 121 Å². The largest absolute Gasteiger partial charge is 0.398 e. The van der Waals surface area contributed by atoms with Crippen LogP contribution in [0.25, 0.3) is 0 Å². The third kappa shape index (κ3) is 3.14. The van der Waals surface area contributed by atoms with Gasteiger partial charge in [0.25, 0.3) is 5.91 Å². The van der Waals surface area contributed by atoms with Gasteiger partial charge in [0.1, 0.15) is 0 Å². The Bertz CT molecular complexity index is 510. The Hall–Kier alpha value is -1.51. The molecule has 0 spiro atoms. The van der Waals surface area contributed by atoms with Crippen molar-refractivity contribution in [1.82, 2.24) is 5.32 Å². The number of aryl methyl sites for hydroxylation is 2. The quantitative estimate of drug-likeness (QED) is 0.812. The van der Waals surface area contributed by atoms with Crippen molar-refractivity contribution in [3.63, 3.8) is 0 Å². The Balaban J connectivity index is 2.07. The topological polar surface area (TPSA) is 55.1 Å². The summed E-state index contributed by atoms with van der Waals surface area (Å²) in [6.07, 6.45) is 3.35. The number of amides is 1. The van der Waals surface area contributed by atoms with E-state index in [2.05, 4.69) is 19.2 Å². The molecule has 0 aromatic heterocycles. The molecule has 1 aromatic rings. The lowest BCUT2D eigenvalue weighted by atomic mass is 9.79. The van der Waals surface area contributed by atoms with Gasteiger partial charge in [-0.2, -0.15) is 0 Å². The minimum Gasteiger partial charge on any atom is -0.398 e. The monoisotopic (exact) mass is 274 g/mol. The van der Waals surface area contributed by atoms with Crippen LogP contribution in [0.3, 0.4) is 0 Å². The van der Waals surface area contributed by atoms with Crippen LogP contribution in [0.4, 0.5) is 5.69 Å². The first-order chi connectivity index (χ1) is 9.38. The van der Waals surface area contributed by atoms with Crippen molar-refractivity contribution < 1.29 is 4.79 Å². The van der Waals surface area contributed by atoms with E-state index >= 15 is 0 Å². The van der Waals surface area contributed by atoms with Gasteiger partial charge in [-0.05, 0) is 62.1 Å². The molecule has 20 heavy (non-hydrogen) atoms. The number of hydrogen-bond acceptors (Lipinski definition) is 2. The molecule has 3 heteroatoms. The van der Waals surface area contributed by atoms with Crippen molar-refractivity contribution in [2.45, 2.75) is 53.0 Å². The molecule has 3 N–H and O–H groups in total. The number of nitrogens with two attached hydrogens (primary N) is 1. The van der Waals surface area contributed by atoms with Gasteiger partial charge in [0.05, 0.1) is 0 Å². The molecule has 0 bridgehead atoms. The van der Waals surface area contributed by atoms with E-state index in [1.54, 1.807) is 6.07 Å². The molecule has 1 saturated carbocycles. The lowest BCUT2D eigenvalue weighted by Gasteiger charge is -2.32. The van der Waals surface area contributed by atoms with Crippen molar-refractivity contribution in [3.8, 4) is 0 Å². The maximum atomic E-state index is 12.4. The average Bonchev–Trinajstić information content (AvgIpc) is 2.38. The summed E-state index contributed by atoms with van der Waals surface area (Å²) in [5.74, 6) is 1.46. The van der Waals surface area contributed by atoms with Crippen molar-refractivity contribution in [3.05, 3.63) is 28.8 Å². The summed E-state index contributed by atoms with van der Waals surface area (Å²) in [4.78, 5) is 12.4. The highest BCUT2D eigenvalue weighted by atomic mass is 16.1. The highest BCUT2D eigenvalue weighted by Gasteiger charge is 2.26. The first kappa shape index (κ1) is 14.9. The van der Waals surface area contributed by atoms with Crippen LogP contribution in [-0.2, 0) is 0 Å². The number of nitrogen functional groups attached to an aromatic ring is 1. The van der Waals surface area contributed by atoms with Gasteiger partial charge in [0, 0.05) is 17.3 Å². The second-order valence-corrected chi connectivity index (χ2v) is 6.46. The zero-order chi connectivity index (χ0) is 14.9. The van der Waals surface area contributed by atoms with Crippen LogP contribution in [0, 0.1) is 25.7 Å². The Morgan fingerprint density at radius 2 is 1.85 bits per heavy atom. The van der Waals surface area contributed by atoms with Gasteiger partial charge in [0.15, 0.2) is 0 Å². The molecule has 1 fully saturated rings. The van der Waals surface area contributed by atoms with E-state index in [9.17, 15) is 4.79 Å². The van der Waals surface area contributed by atoms with Crippen LogP contribution in [0.2, 0.25) is 0 Å². The molecule has 110 valence electrons. The zero-order valence-corrected chi connectivity index (χ0v) is 13.0. The van der Waals surface area contributed by atoms with Crippen molar-refractivity contribution in [1.29, 1.82) is 0 Å². The normalized spacial score (nSPS) is 26.3. The predicted octanol–water partition coefficient (Wildman–Crippen LogP) is 3.44. The fourth-order valence-electron chi connectivity index (χ4n) is 3.06. The maximum absolute atomic E-state index is 12.4. The second kappa shape index (κ2) is 5.86. The van der Waals surface area contributed by atoms with Crippen molar-refractivity contribution in [2.24, 2.45) is 11.8 Å². The summed E-state index contributed by atoms with van der Waals surface area (Å²) in [5, 5.41) is 3.18. The van der Waals surface area contributed by atoms with Gasteiger partial charge in [-0.3, -0.25) is 4.79 Å². The molecule has 2 rings (SSSR count). The summed E-state index contributed by atoms with van der Waals surface area (Å²) in [6, 6.07) is 4.08. The summed E-state index contributed by atoms with van der Waals surface area (Å²) in [6.45, 7) is 8.51. The van der Waals surface area contributed by atoms with Crippen LogP contribution < -0.4 is 11.1 Å². The van der Waals surface area contributed by atoms with Gasteiger partial charge in [-0.1, -0.05) is 19.9 Å². The molecular formula is C17H26N2O. The zero-order valence-electron chi connectivity index (χ0n) is 13.0. The minimum absolute atomic E-state index is 0.0148. The number of carbonyl (C=O) groups is 1. The van der Waals surface area contributed by atoms with Crippen LogP contribution in [-0.4, -0.2) is 11.9 Å². The molecule has 0 saturated heterocycles. The summed E-state index contributed by atoms with van der Waals surface area (Å²) < 4.78 is 0. The molecule has 1 aliphatic rings. The molecule has 0 radical (unpaired) electrons. The van der Waals surface area contributed by atoms with Crippen LogP contribution >= 0.6 is 0 Å². The number of hydrogen-bond donors (Lipinski definition) is 2. The highest BCUT2D eigenvalue weighted by Crippen LogP contribution is 2.29. The molecule has 0 aliphatic heterocycles. The number of nitrogens with one attached hydrogen (secondary N) is 1. The highest BCUT2D eigenvalue weighted by molar-refractivity contribution is 5.96. The molecule has 3 atom stereocenters. The van der Waals surface area contributed by atoms with Crippen LogP contribution in [0.1, 0.15) is 54.6 Å². The van der Waals surface area contributed by atoms with E-state index in [0.29, 0.717) is 23.2 Å². The minimum atomic E-state index is 0.0148. The number of benzene rings is 1. The van der Waals surface area contributed by atoms with Gasteiger partial charge in [-0.15, -0.1) is 0 Å². The number of carbonyl (C=O) groups excluding carboxylic acids is 1. The van der Waals surface area contributed by atoms with Gasteiger partial charge in [-0.25, -0.2) is 0 Å². The Morgan fingerprint density at radius 1 is 1.15 bits per heavy atom. The number of rotatable bonds is 2. The van der Waals surface area contributed by atoms with E-state index in [1.807, 2.05) is 19.9 Å². The first-order valence-corrected chi connectivity index (χ1v) is 7.56. The molecular weight excluding hydrogens is 248 g/mol. The van der Waals surface area contributed by atoms with E-state index in [-0.39, 0.29) is 5.91 Å². The summed E-state index contributed by atoms with van der Waals surface area (Å²) >= 11 is 0. The smallest absolute Gasteiger partial charge is 0.251 e. The summed E-state index contributed by atoms with van der Waals surface area (Å²) in [5.41, 5.74) is 9.33. The second-order valence-electron chi connectivity index (χ2n) is 6.46. The van der Waals surface area contributed by atoms with E-state index < -0.39 is 0 Å². The Morgan fingerprint density at radius 3 is 2.50 bits per heavy atom. The molecule has 3 unspecified atom stereocenters. The van der Waals surface area contributed by atoms with Crippen molar-refractivity contribution in [2.75, 3.05) is 5.73 Å². The lowest BCUT2D eigenvalue weighted by molar-refractivity contribution is 0.0910. The van der Waals surface area contributed by atoms with E-state index in [0.717, 1.165) is 29.9 Å². The molecule has 1 aliphatic carbocycles. The van der Waals surface area contributed by atoms with Crippen LogP contribution in [0.5, 0.6) is 0 Å². The van der Waals surface area contributed by atoms with Gasteiger partial charge >= 0.3 is 0 Å². The fourth-order valence-corrected chi connectivity index (χ4v) is 3.06. The first-order valence-electron chi connectivity index (χ1n) is 7.56. The van der Waals surface area contributed by atoms with E-state index in [1.165, 1.54) is 6.42 Å². The van der Waals surface area contributed by atoms with Crippen LogP contribution in [0.15, 0.2) is 12.1 Å². The maximum Gasteiger partial charge on any atom is 0.251 e. The van der Waals surface area contributed by atoms with Gasteiger partial charge in [0.2, 0.25) is 0 Å². The summed E-state index contributed by atoms with van der Waals surface area (Å²) in [7, 11) is 0. The molecule has 1 aromatic carbocycles.